The van der Waals surface area contributed by atoms with Crippen LogP contribution in [0.15, 0.2) is 24.3 Å². The van der Waals surface area contributed by atoms with Crippen molar-refractivity contribution in [1.29, 1.82) is 0 Å². The minimum atomic E-state index is -0.566. The predicted octanol–water partition coefficient (Wildman–Crippen LogP) is 1.22. The van der Waals surface area contributed by atoms with E-state index in [1.165, 1.54) is 12.1 Å². The summed E-state index contributed by atoms with van der Waals surface area (Å²) in [5, 5.41) is 0.459. The molecule has 110 valence electrons. The average Bonchev–Trinajstić information content (AvgIpc) is 2.46. The van der Waals surface area contributed by atoms with Crippen LogP contribution in [0.25, 0.3) is 10.9 Å². The lowest BCUT2D eigenvalue weighted by atomic mass is 10.1. The van der Waals surface area contributed by atoms with E-state index in [9.17, 15) is 9.18 Å². The molecule has 2 heterocycles. The van der Waals surface area contributed by atoms with Gasteiger partial charge in [0, 0.05) is 31.6 Å². The first-order chi connectivity index (χ1) is 10.0. The van der Waals surface area contributed by atoms with Crippen LogP contribution in [0, 0.1) is 5.82 Å². The van der Waals surface area contributed by atoms with Crippen LogP contribution in [-0.2, 0) is 0 Å². The zero-order chi connectivity index (χ0) is 15.0. The molecule has 0 aliphatic carbocycles. The number of aromatic nitrogens is 1. The number of likely N-dealkylation sites (N-methyl/N-ethyl adjacent to an activating group) is 1. The number of halogens is 1. The maximum Gasteiger partial charge on any atom is 0.249 e. The van der Waals surface area contributed by atoms with Gasteiger partial charge in [-0.15, -0.1) is 0 Å². The number of pyridine rings is 1. The molecule has 1 aliphatic heterocycles. The van der Waals surface area contributed by atoms with Gasteiger partial charge in [0.25, 0.3) is 0 Å². The highest BCUT2D eigenvalue weighted by Crippen LogP contribution is 2.24. The van der Waals surface area contributed by atoms with E-state index >= 15 is 0 Å². The first kappa shape index (κ1) is 13.8. The monoisotopic (exact) mass is 288 g/mol. The lowest BCUT2D eigenvalue weighted by molar-refractivity contribution is 0.100. The number of carbonyl (C=O) groups excluding carboxylic acids is 1. The molecule has 3 rings (SSSR count). The molecular weight excluding hydrogens is 271 g/mol. The molecule has 2 aromatic rings. The molecule has 2 N–H and O–H groups in total. The summed E-state index contributed by atoms with van der Waals surface area (Å²) in [4.78, 5) is 20.6. The Kier molecular flexibility index (Phi) is 3.47. The van der Waals surface area contributed by atoms with Gasteiger partial charge in [0.1, 0.15) is 11.6 Å². The molecule has 1 aliphatic rings. The zero-order valence-electron chi connectivity index (χ0n) is 11.8. The Morgan fingerprint density at radius 3 is 2.62 bits per heavy atom. The Bertz CT molecular complexity index is 695. The van der Waals surface area contributed by atoms with Crippen molar-refractivity contribution in [3.8, 4) is 0 Å². The van der Waals surface area contributed by atoms with Crippen LogP contribution in [0.5, 0.6) is 0 Å². The smallest absolute Gasteiger partial charge is 0.249 e. The highest BCUT2D eigenvalue weighted by molar-refractivity contribution is 6.06. The van der Waals surface area contributed by atoms with Crippen molar-refractivity contribution in [1.82, 2.24) is 9.88 Å². The largest absolute Gasteiger partial charge is 0.366 e. The Morgan fingerprint density at radius 2 is 1.95 bits per heavy atom. The third kappa shape index (κ3) is 2.67. The number of piperazine rings is 1. The van der Waals surface area contributed by atoms with Crippen molar-refractivity contribution in [2.45, 2.75) is 0 Å². The van der Waals surface area contributed by atoms with Crippen LogP contribution in [0.3, 0.4) is 0 Å². The van der Waals surface area contributed by atoms with Gasteiger partial charge in [-0.3, -0.25) is 4.79 Å². The number of fused-ring (bicyclic) bond motifs is 1. The zero-order valence-corrected chi connectivity index (χ0v) is 11.8. The van der Waals surface area contributed by atoms with Crippen molar-refractivity contribution in [3.63, 3.8) is 0 Å². The van der Waals surface area contributed by atoms with Crippen LogP contribution in [0.4, 0.5) is 10.2 Å². The third-order valence-corrected chi connectivity index (χ3v) is 3.85. The van der Waals surface area contributed by atoms with E-state index in [-0.39, 0.29) is 0 Å². The first-order valence-electron chi connectivity index (χ1n) is 6.88. The maximum atomic E-state index is 13.4. The van der Waals surface area contributed by atoms with Crippen LogP contribution >= 0.6 is 0 Å². The minimum Gasteiger partial charge on any atom is -0.366 e. The van der Waals surface area contributed by atoms with Crippen LogP contribution in [0.2, 0.25) is 0 Å². The molecule has 1 fully saturated rings. The summed E-state index contributed by atoms with van der Waals surface area (Å²) in [7, 11) is 2.07. The molecule has 1 aromatic carbocycles. The van der Waals surface area contributed by atoms with Crippen molar-refractivity contribution in [2.24, 2.45) is 5.73 Å². The van der Waals surface area contributed by atoms with E-state index in [0.29, 0.717) is 16.5 Å². The Labute approximate surface area is 122 Å². The highest BCUT2D eigenvalue weighted by atomic mass is 19.1. The molecule has 0 unspecified atom stereocenters. The van der Waals surface area contributed by atoms with Gasteiger partial charge in [0.2, 0.25) is 5.91 Å². The number of hydrogen-bond acceptors (Lipinski definition) is 4. The number of benzene rings is 1. The second-order valence-electron chi connectivity index (χ2n) is 5.34. The molecule has 21 heavy (non-hydrogen) atoms. The number of rotatable bonds is 2. The van der Waals surface area contributed by atoms with Gasteiger partial charge >= 0.3 is 0 Å². The van der Waals surface area contributed by atoms with Crippen molar-refractivity contribution in [3.05, 3.63) is 35.6 Å². The molecule has 6 heteroatoms. The SMILES string of the molecule is CN1CCN(c2cc(C(N)=O)c3cc(F)ccc3n2)CC1. The second kappa shape index (κ2) is 5.29. The summed E-state index contributed by atoms with van der Waals surface area (Å²) in [5.74, 6) is -0.251. The quantitative estimate of drug-likeness (QED) is 0.902. The van der Waals surface area contributed by atoms with E-state index in [2.05, 4.69) is 21.8 Å². The van der Waals surface area contributed by atoms with Gasteiger partial charge in [-0.25, -0.2) is 9.37 Å². The molecule has 5 nitrogen and oxygen atoms in total. The van der Waals surface area contributed by atoms with Crippen LogP contribution in [0.1, 0.15) is 10.4 Å². The molecule has 1 aromatic heterocycles. The van der Waals surface area contributed by atoms with Gasteiger partial charge in [-0.2, -0.15) is 0 Å². The van der Waals surface area contributed by atoms with Gasteiger partial charge < -0.3 is 15.5 Å². The summed E-state index contributed by atoms with van der Waals surface area (Å²) in [6, 6.07) is 5.89. The van der Waals surface area contributed by atoms with Crippen molar-refractivity contribution >= 4 is 22.6 Å². The summed E-state index contributed by atoms with van der Waals surface area (Å²) < 4.78 is 13.4. The molecular formula is C15H17FN4O. The third-order valence-electron chi connectivity index (χ3n) is 3.85. The number of anilines is 1. The molecule has 1 amide bonds. The number of primary amides is 1. The number of hydrogen-bond donors (Lipinski definition) is 1. The summed E-state index contributed by atoms with van der Waals surface area (Å²) in [6.07, 6.45) is 0. The predicted molar refractivity (Wildman–Crippen MR) is 79.9 cm³/mol. The highest BCUT2D eigenvalue weighted by Gasteiger charge is 2.18. The van der Waals surface area contributed by atoms with Crippen molar-refractivity contribution < 1.29 is 9.18 Å². The van der Waals surface area contributed by atoms with E-state index in [1.807, 2.05) is 0 Å². The first-order valence-corrected chi connectivity index (χ1v) is 6.88. The second-order valence-corrected chi connectivity index (χ2v) is 5.34. The van der Waals surface area contributed by atoms with Gasteiger partial charge in [0.05, 0.1) is 11.1 Å². The standard InChI is InChI=1S/C15H17FN4O/c1-19-4-6-20(7-5-19)14-9-12(15(17)21)11-8-10(16)2-3-13(11)18-14/h2-3,8-9H,4-7H2,1H3,(H2,17,21). The Morgan fingerprint density at radius 1 is 1.24 bits per heavy atom. The van der Waals surface area contributed by atoms with Crippen molar-refractivity contribution in [2.75, 3.05) is 38.1 Å². The fraction of sp³-hybridized carbons (Fsp3) is 0.333. The minimum absolute atomic E-state index is 0.313. The average molecular weight is 288 g/mol. The van der Waals surface area contributed by atoms with Gasteiger partial charge in [-0.05, 0) is 31.3 Å². The number of carbonyl (C=O) groups is 1. The van der Waals surface area contributed by atoms with Gasteiger partial charge in [0.15, 0.2) is 0 Å². The Balaban J connectivity index is 2.08. The van der Waals surface area contributed by atoms with E-state index < -0.39 is 11.7 Å². The molecule has 0 saturated carbocycles. The fourth-order valence-corrected chi connectivity index (χ4v) is 2.59. The molecule has 0 radical (unpaired) electrons. The van der Waals surface area contributed by atoms with Gasteiger partial charge in [-0.1, -0.05) is 0 Å². The van der Waals surface area contributed by atoms with E-state index in [4.69, 9.17) is 5.73 Å². The summed E-state index contributed by atoms with van der Waals surface area (Å²) >= 11 is 0. The molecule has 0 spiro atoms. The topological polar surface area (TPSA) is 62.5 Å². The molecule has 0 atom stereocenters. The lowest BCUT2D eigenvalue weighted by Crippen LogP contribution is -2.44. The van der Waals surface area contributed by atoms with E-state index in [0.717, 1.165) is 32.0 Å². The van der Waals surface area contributed by atoms with Crippen LogP contribution in [-0.4, -0.2) is 49.0 Å². The summed E-state index contributed by atoms with van der Waals surface area (Å²) in [6.45, 7) is 3.56. The number of nitrogens with two attached hydrogens (primary N) is 1. The summed E-state index contributed by atoms with van der Waals surface area (Å²) in [5.41, 5.74) is 6.33. The number of nitrogens with zero attached hydrogens (tertiary/aromatic N) is 3. The lowest BCUT2D eigenvalue weighted by Gasteiger charge is -2.33. The fourth-order valence-electron chi connectivity index (χ4n) is 2.59. The molecule has 1 saturated heterocycles. The Hall–Kier alpha value is -2.21. The molecule has 0 bridgehead atoms. The van der Waals surface area contributed by atoms with Crippen LogP contribution < -0.4 is 10.6 Å². The van der Waals surface area contributed by atoms with E-state index in [1.54, 1.807) is 12.1 Å². The normalized spacial score (nSPS) is 16.4. The maximum absolute atomic E-state index is 13.4. The number of amides is 1.